The van der Waals surface area contributed by atoms with Crippen LogP contribution >= 0.6 is 0 Å². The van der Waals surface area contributed by atoms with Crippen LogP contribution in [0.15, 0.2) is 65.5 Å². The van der Waals surface area contributed by atoms with E-state index in [1.807, 2.05) is 88.4 Å². The standard InChI is InChI=1S/C27H25N5O2/c1-16-12-13-21-22(14-16)31(15-20-11-6-5-8-17(20)2)27(34)25-29-24(30-32(21)25)26(33)28-23-18(3)9-7-10-19(23)4/h5-14H,15H2,1-4H3,(H,28,33). The minimum absolute atomic E-state index is 0.0460. The van der Waals surface area contributed by atoms with Crippen LogP contribution in [-0.4, -0.2) is 25.1 Å². The van der Waals surface area contributed by atoms with Crippen LogP contribution in [0.25, 0.3) is 16.7 Å². The topological polar surface area (TPSA) is 81.3 Å². The van der Waals surface area contributed by atoms with E-state index in [1.54, 1.807) is 4.57 Å². The lowest BCUT2D eigenvalue weighted by Crippen LogP contribution is -2.24. The minimum Gasteiger partial charge on any atom is -0.319 e. The highest BCUT2D eigenvalue weighted by Crippen LogP contribution is 2.21. The lowest BCUT2D eigenvalue weighted by atomic mass is 10.1. The molecule has 0 radical (unpaired) electrons. The summed E-state index contributed by atoms with van der Waals surface area (Å²) < 4.78 is 3.19. The molecule has 0 bridgehead atoms. The predicted octanol–water partition coefficient (Wildman–Crippen LogP) is 4.58. The van der Waals surface area contributed by atoms with E-state index in [4.69, 9.17) is 0 Å². The first-order valence-electron chi connectivity index (χ1n) is 11.2. The summed E-state index contributed by atoms with van der Waals surface area (Å²) in [6.45, 7) is 8.27. The second-order valence-corrected chi connectivity index (χ2v) is 8.70. The minimum atomic E-state index is -0.453. The Morgan fingerprint density at radius 3 is 2.32 bits per heavy atom. The maximum Gasteiger partial charge on any atom is 0.296 e. The van der Waals surface area contributed by atoms with Gasteiger partial charge in [0.05, 0.1) is 17.6 Å². The van der Waals surface area contributed by atoms with E-state index < -0.39 is 5.91 Å². The second-order valence-electron chi connectivity index (χ2n) is 8.70. The van der Waals surface area contributed by atoms with Gasteiger partial charge in [0, 0.05) is 5.69 Å². The first kappa shape index (κ1) is 21.6. The van der Waals surface area contributed by atoms with Crippen molar-refractivity contribution < 1.29 is 4.79 Å². The van der Waals surface area contributed by atoms with Gasteiger partial charge in [0.2, 0.25) is 11.5 Å². The van der Waals surface area contributed by atoms with Crippen LogP contribution in [0.2, 0.25) is 0 Å². The molecule has 170 valence electrons. The lowest BCUT2D eigenvalue weighted by molar-refractivity contribution is 0.101. The third-order valence-corrected chi connectivity index (χ3v) is 6.21. The molecule has 2 heterocycles. The number of para-hydroxylation sites is 1. The molecule has 0 unspecified atom stereocenters. The number of nitrogens with one attached hydrogen (secondary N) is 1. The van der Waals surface area contributed by atoms with Crippen LogP contribution in [0.5, 0.6) is 0 Å². The van der Waals surface area contributed by atoms with Crippen molar-refractivity contribution in [1.82, 2.24) is 19.2 Å². The molecule has 0 aliphatic rings. The largest absolute Gasteiger partial charge is 0.319 e. The molecule has 0 aliphatic heterocycles. The molecule has 7 nitrogen and oxygen atoms in total. The van der Waals surface area contributed by atoms with Gasteiger partial charge < -0.3 is 5.32 Å². The molecule has 7 heteroatoms. The van der Waals surface area contributed by atoms with Gasteiger partial charge in [0.15, 0.2) is 0 Å². The molecule has 5 aromatic rings. The molecule has 1 N–H and O–H groups in total. The first-order chi connectivity index (χ1) is 16.3. The number of carbonyl (C=O) groups excluding carboxylic acids is 1. The maximum absolute atomic E-state index is 13.6. The van der Waals surface area contributed by atoms with Crippen LogP contribution in [0.1, 0.15) is 38.4 Å². The van der Waals surface area contributed by atoms with Gasteiger partial charge in [0.25, 0.3) is 11.5 Å². The molecular weight excluding hydrogens is 426 g/mol. The van der Waals surface area contributed by atoms with Crippen LogP contribution in [0.3, 0.4) is 0 Å². The van der Waals surface area contributed by atoms with Crippen molar-refractivity contribution >= 4 is 28.3 Å². The zero-order valence-electron chi connectivity index (χ0n) is 19.6. The monoisotopic (exact) mass is 451 g/mol. The fourth-order valence-corrected chi connectivity index (χ4v) is 4.27. The number of rotatable bonds is 4. The summed E-state index contributed by atoms with van der Waals surface area (Å²) >= 11 is 0. The van der Waals surface area contributed by atoms with E-state index >= 15 is 0 Å². The smallest absolute Gasteiger partial charge is 0.296 e. The molecule has 2 aromatic heterocycles. The molecule has 5 rings (SSSR count). The average Bonchev–Trinajstić information content (AvgIpc) is 3.26. The Morgan fingerprint density at radius 1 is 0.882 bits per heavy atom. The highest BCUT2D eigenvalue weighted by atomic mass is 16.2. The Kier molecular flexibility index (Phi) is 5.24. The van der Waals surface area contributed by atoms with Gasteiger partial charge in [0.1, 0.15) is 0 Å². The predicted molar refractivity (Wildman–Crippen MR) is 134 cm³/mol. The van der Waals surface area contributed by atoms with Gasteiger partial charge in [-0.15, -0.1) is 5.10 Å². The first-order valence-corrected chi connectivity index (χ1v) is 11.2. The van der Waals surface area contributed by atoms with Crippen molar-refractivity contribution in [2.45, 2.75) is 34.2 Å². The number of aryl methyl sites for hydroxylation is 4. The van der Waals surface area contributed by atoms with Crippen LogP contribution in [0, 0.1) is 27.7 Å². The van der Waals surface area contributed by atoms with E-state index in [1.165, 1.54) is 4.52 Å². The highest BCUT2D eigenvalue weighted by Gasteiger charge is 2.20. The summed E-state index contributed by atoms with van der Waals surface area (Å²) in [6, 6.07) is 19.6. The van der Waals surface area contributed by atoms with Crippen LogP contribution in [0.4, 0.5) is 5.69 Å². The van der Waals surface area contributed by atoms with E-state index in [0.717, 1.165) is 39.0 Å². The zero-order valence-corrected chi connectivity index (χ0v) is 19.6. The fraction of sp³-hybridized carbons (Fsp3) is 0.185. The van der Waals surface area contributed by atoms with Crippen molar-refractivity contribution in [2.24, 2.45) is 0 Å². The van der Waals surface area contributed by atoms with Gasteiger partial charge in [-0.05, 0) is 67.6 Å². The molecular formula is C27H25N5O2. The number of hydrogen-bond donors (Lipinski definition) is 1. The van der Waals surface area contributed by atoms with E-state index in [-0.39, 0.29) is 17.0 Å². The summed E-state index contributed by atoms with van der Waals surface area (Å²) in [5, 5.41) is 7.34. The van der Waals surface area contributed by atoms with Crippen LogP contribution in [-0.2, 0) is 6.54 Å². The van der Waals surface area contributed by atoms with Crippen molar-refractivity contribution in [3.63, 3.8) is 0 Å². The highest BCUT2D eigenvalue weighted by molar-refractivity contribution is 6.03. The number of aromatic nitrogens is 4. The Labute approximate surface area is 196 Å². The zero-order chi connectivity index (χ0) is 24.0. The molecule has 3 aromatic carbocycles. The number of nitrogens with zero attached hydrogens (tertiary/aromatic N) is 4. The third kappa shape index (κ3) is 3.65. The summed E-state index contributed by atoms with van der Waals surface area (Å²) in [7, 11) is 0. The average molecular weight is 452 g/mol. The van der Waals surface area contributed by atoms with Gasteiger partial charge in [-0.1, -0.05) is 48.5 Å². The number of amides is 1. The van der Waals surface area contributed by atoms with Gasteiger partial charge in [-0.3, -0.25) is 14.2 Å². The number of anilines is 1. The van der Waals surface area contributed by atoms with Crippen molar-refractivity contribution in [1.29, 1.82) is 0 Å². The summed E-state index contributed by atoms with van der Waals surface area (Å²) in [5.74, 6) is -0.499. The number of hydrogen-bond acceptors (Lipinski definition) is 4. The molecule has 34 heavy (non-hydrogen) atoms. The van der Waals surface area contributed by atoms with E-state index in [2.05, 4.69) is 15.4 Å². The van der Waals surface area contributed by atoms with E-state index in [0.29, 0.717) is 12.1 Å². The Morgan fingerprint density at radius 2 is 1.59 bits per heavy atom. The number of benzene rings is 3. The SMILES string of the molecule is Cc1ccc2c(c1)n(Cc1ccccc1C)c(=O)c1nc(C(=O)Nc3c(C)cccc3C)nn12. The fourth-order valence-electron chi connectivity index (χ4n) is 4.27. The summed E-state index contributed by atoms with van der Waals surface area (Å²) in [5.41, 5.74) is 7.07. The second kappa shape index (κ2) is 8.26. The quantitative estimate of drug-likeness (QED) is 0.434. The molecule has 0 aliphatic carbocycles. The maximum atomic E-state index is 13.6. The van der Waals surface area contributed by atoms with Crippen LogP contribution < -0.4 is 10.9 Å². The number of fused-ring (bicyclic) bond motifs is 3. The van der Waals surface area contributed by atoms with Gasteiger partial charge >= 0.3 is 0 Å². The molecule has 1 amide bonds. The summed E-state index contributed by atoms with van der Waals surface area (Å²) in [4.78, 5) is 31.0. The lowest BCUT2D eigenvalue weighted by Gasteiger charge is -2.13. The molecule has 0 saturated heterocycles. The third-order valence-electron chi connectivity index (χ3n) is 6.21. The normalized spacial score (nSPS) is 11.3. The Balaban J connectivity index is 1.67. The van der Waals surface area contributed by atoms with Crippen molar-refractivity contribution in [3.8, 4) is 0 Å². The molecule has 0 atom stereocenters. The van der Waals surface area contributed by atoms with Gasteiger partial charge in [-0.2, -0.15) is 4.98 Å². The van der Waals surface area contributed by atoms with Gasteiger partial charge in [-0.25, -0.2) is 4.52 Å². The molecule has 0 saturated carbocycles. The Hall–Kier alpha value is -4.26. The Bertz CT molecular complexity index is 1620. The molecule has 0 spiro atoms. The van der Waals surface area contributed by atoms with E-state index in [9.17, 15) is 9.59 Å². The van der Waals surface area contributed by atoms with Crippen molar-refractivity contribution in [2.75, 3.05) is 5.32 Å². The summed E-state index contributed by atoms with van der Waals surface area (Å²) in [6.07, 6.45) is 0. The van der Waals surface area contributed by atoms with Crippen molar-refractivity contribution in [3.05, 3.63) is 105 Å². The number of carbonyl (C=O) groups is 1. The molecule has 0 fully saturated rings.